The molecule has 0 spiro atoms. The molecule has 0 atom stereocenters. The molecule has 1 aliphatic carbocycles. The number of carbonyl (C=O) groups excluding carboxylic acids is 3. The Bertz CT molecular complexity index is 765. The normalized spacial score (nSPS) is 20.7. The van der Waals surface area contributed by atoms with Crippen molar-refractivity contribution in [3.05, 3.63) is 23.8 Å². The minimum atomic E-state index is -0.214. The summed E-state index contributed by atoms with van der Waals surface area (Å²) in [6.45, 7) is 1.20. The van der Waals surface area contributed by atoms with Crippen LogP contribution in [0.3, 0.4) is 0 Å². The third-order valence-electron chi connectivity index (χ3n) is 5.98. The van der Waals surface area contributed by atoms with E-state index in [0.717, 1.165) is 12.8 Å². The summed E-state index contributed by atoms with van der Waals surface area (Å²) in [5.74, 6) is 0.340. The Morgan fingerprint density at radius 3 is 2.57 bits per heavy atom. The molecule has 2 fully saturated rings. The first-order chi connectivity index (χ1) is 13.6. The highest BCUT2D eigenvalue weighted by atomic mass is 16.5. The molecule has 2 N–H and O–H groups in total. The van der Waals surface area contributed by atoms with Crippen LogP contribution in [-0.4, -0.2) is 48.4 Å². The van der Waals surface area contributed by atoms with Crippen molar-refractivity contribution < 1.29 is 19.1 Å². The summed E-state index contributed by atoms with van der Waals surface area (Å²) in [6.07, 6.45) is 7.10. The Morgan fingerprint density at radius 2 is 1.82 bits per heavy atom. The number of piperidine rings is 1. The predicted octanol–water partition coefficient (Wildman–Crippen LogP) is 2.95. The summed E-state index contributed by atoms with van der Waals surface area (Å²) >= 11 is 0. The van der Waals surface area contributed by atoms with Gasteiger partial charge in [-0.25, -0.2) is 4.79 Å². The van der Waals surface area contributed by atoms with Crippen LogP contribution in [-0.2, 0) is 4.79 Å². The van der Waals surface area contributed by atoms with Crippen LogP contribution in [0.1, 0.15) is 55.3 Å². The molecule has 4 rings (SSSR count). The number of hydrogen-bond acceptors (Lipinski definition) is 4. The van der Waals surface area contributed by atoms with Gasteiger partial charge in [-0.2, -0.15) is 0 Å². The fourth-order valence-electron chi connectivity index (χ4n) is 4.33. The van der Waals surface area contributed by atoms with Crippen LogP contribution >= 0.6 is 0 Å². The average molecular weight is 385 g/mol. The molecule has 3 amide bonds. The summed E-state index contributed by atoms with van der Waals surface area (Å²) in [6, 6.07) is 5.48. The lowest BCUT2D eigenvalue weighted by Gasteiger charge is -2.33. The lowest BCUT2D eigenvalue weighted by Crippen LogP contribution is -2.48. The Balaban J connectivity index is 1.32. The van der Waals surface area contributed by atoms with E-state index >= 15 is 0 Å². The zero-order chi connectivity index (χ0) is 19.5. The van der Waals surface area contributed by atoms with Crippen LogP contribution in [0.2, 0.25) is 0 Å². The summed E-state index contributed by atoms with van der Waals surface area (Å²) in [4.78, 5) is 38.7. The molecule has 150 valence electrons. The SMILES string of the molecule is O=C1COc2ccc(C(=O)C3CCN(C(=O)NC4CCCCC4)CC3)cc2N1. The highest BCUT2D eigenvalue weighted by molar-refractivity contribution is 6.01. The zero-order valence-corrected chi connectivity index (χ0v) is 16.0. The maximum absolute atomic E-state index is 12.9. The molecule has 1 saturated carbocycles. The van der Waals surface area contributed by atoms with Gasteiger partial charge in [0.05, 0.1) is 5.69 Å². The molecule has 7 heteroatoms. The van der Waals surface area contributed by atoms with E-state index in [2.05, 4.69) is 10.6 Å². The first-order valence-electron chi connectivity index (χ1n) is 10.3. The van der Waals surface area contributed by atoms with Crippen LogP contribution in [0, 0.1) is 5.92 Å². The average Bonchev–Trinajstić information content (AvgIpc) is 2.73. The molecule has 2 heterocycles. The fraction of sp³-hybridized carbons (Fsp3) is 0.571. The largest absolute Gasteiger partial charge is 0.482 e. The second-order valence-corrected chi connectivity index (χ2v) is 7.96. The molecule has 1 aromatic carbocycles. The van der Waals surface area contributed by atoms with E-state index in [1.165, 1.54) is 19.3 Å². The summed E-state index contributed by atoms with van der Waals surface area (Å²) in [5, 5.41) is 5.89. The van der Waals surface area contributed by atoms with Crippen molar-refractivity contribution >= 4 is 23.4 Å². The maximum atomic E-state index is 12.9. The lowest BCUT2D eigenvalue weighted by molar-refractivity contribution is -0.118. The van der Waals surface area contributed by atoms with Crippen LogP contribution in [0.4, 0.5) is 10.5 Å². The van der Waals surface area contributed by atoms with E-state index < -0.39 is 0 Å². The smallest absolute Gasteiger partial charge is 0.317 e. The molecule has 2 aliphatic heterocycles. The first kappa shape index (κ1) is 18.8. The minimum Gasteiger partial charge on any atom is -0.482 e. The standard InChI is InChI=1S/C21H27N3O4/c25-19-13-28-18-7-6-15(12-17(18)23-19)20(26)14-8-10-24(11-9-14)21(27)22-16-4-2-1-3-5-16/h6-7,12,14,16H,1-5,8-11,13H2,(H,22,27)(H,23,25). The number of nitrogens with zero attached hydrogens (tertiary/aromatic N) is 1. The molecule has 0 aromatic heterocycles. The van der Waals surface area contributed by atoms with Gasteiger partial charge in [0.15, 0.2) is 12.4 Å². The van der Waals surface area contributed by atoms with Gasteiger partial charge in [-0.15, -0.1) is 0 Å². The number of amides is 3. The summed E-state index contributed by atoms with van der Waals surface area (Å²) in [5.41, 5.74) is 1.13. The zero-order valence-electron chi connectivity index (χ0n) is 16.0. The summed E-state index contributed by atoms with van der Waals surface area (Å²) < 4.78 is 5.34. The Morgan fingerprint density at radius 1 is 1.07 bits per heavy atom. The fourth-order valence-corrected chi connectivity index (χ4v) is 4.33. The van der Waals surface area contributed by atoms with Gasteiger partial charge in [0.25, 0.3) is 5.91 Å². The highest BCUT2D eigenvalue weighted by Gasteiger charge is 2.29. The Kier molecular flexibility index (Phi) is 5.50. The topological polar surface area (TPSA) is 87.7 Å². The van der Waals surface area contributed by atoms with Crippen molar-refractivity contribution in [2.45, 2.75) is 51.0 Å². The van der Waals surface area contributed by atoms with Gasteiger partial charge in [-0.3, -0.25) is 9.59 Å². The quantitative estimate of drug-likeness (QED) is 0.783. The van der Waals surface area contributed by atoms with Gasteiger partial charge in [-0.05, 0) is 43.9 Å². The van der Waals surface area contributed by atoms with Crippen molar-refractivity contribution in [1.29, 1.82) is 0 Å². The van der Waals surface area contributed by atoms with Crippen LogP contribution in [0.15, 0.2) is 18.2 Å². The number of Topliss-reactive ketones (excluding diaryl/α,β-unsaturated/α-hetero) is 1. The van der Waals surface area contributed by atoms with E-state index in [4.69, 9.17) is 4.74 Å². The number of rotatable bonds is 3. The second-order valence-electron chi connectivity index (χ2n) is 7.96. The number of urea groups is 1. The van der Waals surface area contributed by atoms with Crippen molar-refractivity contribution in [1.82, 2.24) is 10.2 Å². The van der Waals surface area contributed by atoms with Gasteiger partial charge in [0.1, 0.15) is 5.75 Å². The van der Waals surface area contributed by atoms with Crippen molar-refractivity contribution in [2.24, 2.45) is 5.92 Å². The van der Waals surface area contributed by atoms with Gasteiger partial charge < -0.3 is 20.3 Å². The number of ether oxygens (including phenoxy) is 1. The Hall–Kier alpha value is -2.57. The second kappa shape index (κ2) is 8.20. The number of benzene rings is 1. The van der Waals surface area contributed by atoms with Gasteiger partial charge in [0, 0.05) is 30.6 Å². The number of nitrogens with one attached hydrogen (secondary N) is 2. The van der Waals surface area contributed by atoms with E-state index in [1.54, 1.807) is 18.2 Å². The van der Waals surface area contributed by atoms with E-state index in [1.807, 2.05) is 4.90 Å². The van der Waals surface area contributed by atoms with Crippen LogP contribution < -0.4 is 15.4 Å². The van der Waals surface area contributed by atoms with Gasteiger partial charge in [-0.1, -0.05) is 19.3 Å². The molecule has 7 nitrogen and oxygen atoms in total. The van der Waals surface area contributed by atoms with Gasteiger partial charge in [0.2, 0.25) is 0 Å². The molecular formula is C21H27N3O4. The monoisotopic (exact) mass is 385 g/mol. The van der Waals surface area contributed by atoms with E-state index in [9.17, 15) is 14.4 Å². The third-order valence-corrected chi connectivity index (χ3v) is 5.98. The summed E-state index contributed by atoms with van der Waals surface area (Å²) in [7, 11) is 0. The number of ketones is 1. The number of hydrogen-bond donors (Lipinski definition) is 2. The van der Waals surface area contributed by atoms with Crippen molar-refractivity contribution in [3.63, 3.8) is 0 Å². The molecule has 0 unspecified atom stereocenters. The molecule has 1 saturated heterocycles. The molecule has 28 heavy (non-hydrogen) atoms. The number of fused-ring (bicyclic) bond motifs is 1. The predicted molar refractivity (Wildman–Crippen MR) is 105 cm³/mol. The van der Waals surface area contributed by atoms with Gasteiger partial charge >= 0.3 is 6.03 Å². The van der Waals surface area contributed by atoms with E-state index in [-0.39, 0.29) is 30.2 Å². The molecule has 0 bridgehead atoms. The Labute approximate surface area is 164 Å². The number of carbonyl (C=O) groups is 3. The maximum Gasteiger partial charge on any atom is 0.317 e. The minimum absolute atomic E-state index is 0.00166. The van der Waals surface area contributed by atoms with E-state index in [0.29, 0.717) is 49.0 Å². The third kappa shape index (κ3) is 4.13. The van der Waals surface area contributed by atoms with Crippen molar-refractivity contribution in [2.75, 3.05) is 25.0 Å². The molecular weight excluding hydrogens is 358 g/mol. The van der Waals surface area contributed by atoms with Crippen molar-refractivity contribution in [3.8, 4) is 5.75 Å². The van der Waals surface area contributed by atoms with Crippen LogP contribution in [0.5, 0.6) is 5.75 Å². The van der Waals surface area contributed by atoms with Crippen LogP contribution in [0.25, 0.3) is 0 Å². The number of anilines is 1. The highest BCUT2D eigenvalue weighted by Crippen LogP contribution is 2.31. The molecule has 0 radical (unpaired) electrons. The number of likely N-dealkylation sites (tertiary alicyclic amines) is 1. The first-order valence-corrected chi connectivity index (χ1v) is 10.3. The lowest BCUT2D eigenvalue weighted by atomic mass is 9.88. The molecule has 3 aliphatic rings. The molecule has 1 aromatic rings.